The van der Waals surface area contributed by atoms with Gasteiger partial charge in [0, 0.05) is 77.8 Å². The van der Waals surface area contributed by atoms with Crippen molar-refractivity contribution in [1.29, 1.82) is 0 Å². The summed E-state index contributed by atoms with van der Waals surface area (Å²) in [4.78, 5) is 24.7. The minimum atomic E-state index is -0.0381. The van der Waals surface area contributed by atoms with Crippen molar-refractivity contribution < 1.29 is 4.79 Å². The van der Waals surface area contributed by atoms with Crippen LogP contribution >= 0.6 is 22.7 Å². The first-order valence-electron chi connectivity index (χ1n) is 11.6. The van der Waals surface area contributed by atoms with Gasteiger partial charge in [-0.1, -0.05) is 20.1 Å². The quantitative estimate of drug-likeness (QED) is 0.451. The molecule has 5 rings (SSSR count). The normalized spacial score (nSPS) is 18.4. The smallest absolute Gasteiger partial charge is 0.329 e. The highest BCUT2D eigenvalue weighted by atomic mass is 32.1. The number of thiophene rings is 1. The third-order valence-corrected chi connectivity index (χ3v) is 8.54. The third kappa shape index (κ3) is 3.76. The number of hydrogen-bond acceptors (Lipinski definition) is 6. The molecule has 0 saturated carbocycles. The molecule has 1 fully saturated rings. The van der Waals surface area contributed by atoms with Gasteiger partial charge in [0.25, 0.3) is 0 Å². The van der Waals surface area contributed by atoms with Gasteiger partial charge in [0.1, 0.15) is 5.00 Å². The van der Waals surface area contributed by atoms with Crippen LogP contribution in [0.2, 0.25) is 0 Å². The molecule has 34 heavy (non-hydrogen) atoms. The van der Waals surface area contributed by atoms with Crippen molar-refractivity contribution in [3.63, 3.8) is 0 Å². The van der Waals surface area contributed by atoms with E-state index < -0.39 is 0 Å². The zero-order chi connectivity index (χ0) is 24.1. The summed E-state index contributed by atoms with van der Waals surface area (Å²) in [7, 11) is 1.81. The van der Waals surface area contributed by atoms with Crippen LogP contribution < -0.4 is 4.90 Å². The number of nitrogens with zero attached hydrogens (tertiary/aromatic N) is 6. The molecule has 1 saturated heterocycles. The van der Waals surface area contributed by atoms with Crippen LogP contribution in [0, 0.1) is 5.92 Å². The molecule has 0 radical (unpaired) electrons. The lowest BCUT2D eigenvalue weighted by atomic mass is 9.99. The number of rotatable bonds is 6. The zero-order valence-corrected chi connectivity index (χ0v) is 21.7. The van der Waals surface area contributed by atoms with Crippen molar-refractivity contribution >= 4 is 45.1 Å². The standard InChI is InChI=1S/C25H30N6OS2/c1-15(2)31-23-22(17(4)28(6)25(31)32)21(18(5)29-9-7-16(3)13-29)20(34-23)11-19-12-27-30(14-19)24-26-8-10-33-24/h8,10,12,14-16H,4-5,7,9,11,13H2,1-3,6H3. The van der Waals surface area contributed by atoms with E-state index in [0.717, 1.165) is 51.3 Å². The Labute approximate surface area is 208 Å². The van der Waals surface area contributed by atoms with Crippen LogP contribution in [0.15, 0.2) is 37.1 Å². The van der Waals surface area contributed by atoms with E-state index in [2.05, 4.69) is 48.9 Å². The molecule has 5 heterocycles. The number of hydrogen-bond donors (Lipinski definition) is 0. The van der Waals surface area contributed by atoms with Crippen LogP contribution in [0.3, 0.4) is 0 Å². The highest BCUT2D eigenvalue weighted by molar-refractivity contribution is 7.17. The average Bonchev–Trinajstić information content (AvgIpc) is 3.58. The van der Waals surface area contributed by atoms with Gasteiger partial charge in [-0.05, 0) is 31.7 Å². The second kappa shape index (κ2) is 8.70. The maximum Gasteiger partial charge on any atom is 0.329 e. The minimum absolute atomic E-state index is 0.0360. The number of fused-ring (bicyclic) bond motifs is 1. The molecule has 0 spiro atoms. The first-order chi connectivity index (χ1) is 16.3. The summed E-state index contributed by atoms with van der Waals surface area (Å²) in [6.45, 7) is 17.3. The number of anilines is 1. The summed E-state index contributed by atoms with van der Waals surface area (Å²) in [5.74, 6) is 0.644. The SMILES string of the molecule is C=C(c1c(Cc2cnn(-c3nccs3)c2)sc2c1C(=C)N(C)C(=O)N2C(C)C)N1CCC(C)C1. The van der Waals surface area contributed by atoms with Gasteiger partial charge in [-0.2, -0.15) is 5.10 Å². The Hall–Kier alpha value is -2.91. The van der Waals surface area contributed by atoms with Gasteiger partial charge in [0.15, 0.2) is 0 Å². The van der Waals surface area contributed by atoms with Gasteiger partial charge in [0.2, 0.25) is 5.13 Å². The Morgan fingerprint density at radius 1 is 1.35 bits per heavy atom. The molecule has 2 amide bonds. The molecule has 2 aliphatic heterocycles. The molecule has 7 nitrogen and oxygen atoms in total. The van der Waals surface area contributed by atoms with E-state index in [4.69, 9.17) is 0 Å². The lowest BCUT2D eigenvalue weighted by Gasteiger charge is -2.37. The Kier molecular flexibility index (Phi) is 5.85. The largest absolute Gasteiger partial charge is 0.371 e. The van der Waals surface area contributed by atoms with Gasteiger partial charge >= 0.3 is 6.03 Å². The maximum absolute atomic E-state index is 13.2. The predicted octanol–water partition coefficient (Wildman–Crippen LogP) is 5.54. The number of amides is 2. The number of carbonyl (C=O) groups is 1. The van der Waals surface area contributed by atoms with Crippen molar-refractivity contribution in [2.24, 2.45) is 5.92 Å². The van der Waals surface area contributed by atoms with E-state index in [0.29, 0.717) is 12.3 Å². The van der Waals surface area contributed by atoms with Crippen molar-refractivity contribution in [2.45, 2.75) is 39.7 Å². The van der Waals surface area contributed by atoms with E-state index in [1.165, 1.54) is 11.3 Å². The summed E-state index contributed by atoms with van der Waals surface area (Å²) in [5, 5.41) is 8.29. The number of likely N-dealkylation sites (tertiary alicyclic amines) is 1. The highest BCUT2D eigenvalue weighted by Gasteiger charge is 2.39. The molecule has 0 N–H and O–H groups in total. The number of carbonyl (C=O) groups excluding carboxylic acids is 1. The minimum Gasteiger partial charge on any atom is -0.371 e. The molecule has 3 aromatic heterocycles. The summed E-state index contributed by atoms with van der Waals surface area (Å²) >= 11 is 3.23. The Morgan fingerprint density at radius 2 is 2.15 bits per heavy atom. The second-order valence-corrected chi connectivity index (χ2v) is 11.4. The fourth-order valence-electron chi connectivity index (χ4n) is 4.73. The lowest BCUT2D eigenvalue weighted by Crippen LogP contribution is -2.47. The van der Waals surface area contributed by atoms with Crippen molar-refractivity contribution in [1.82, 2.24) is 24.6 Å². The topological polar surface area (TPSA) is 57.5 Å². The molecule has 178 valence electrons. The molecular formula is C25H30N6OS2. The van der Waals surface area contributed by atoms with E-state index in [1.54, 1.807) is 33.8 Å². The molecular weight excluding hydrogens is 464 g/mol. The van der Waals surface area contributed by atoms with E-state index in [-0.39, 0.29) is 12.1 Å². The van der Waals surface area contributed by atoms with Gasteiger partial charge in [-0.3, -0.25) is 9.80 Å². The Bertz CT molecular complexity index is 1250. The van der Waals surface area contributed by atoms with Crippen LogP contribution in [0.25, 0.3) is 16.5 Å². The fourth-order valence-corrected chi connectivity index (χ4v) is 6.80. The van der Waals surface area contributed by atoms with Gasteiger partial charge in [0.05, 0.1) is 6.20 Å². The van der Waals surface area contributed by atoms with E-state index in [1.807, 2.05) is 34.4 Å². The Morgan fingerprint density at radius 3 is 2.79 bits per heavy atom. The summed E-state index contributed by atoms with van der Waals surface area (Å²) in [5.41, 5.74) is 5.01. The summed E-state index contributed by atoms with van der Waals surface area (Å²) in [6, 6.07) is -0.00211. The van der Waals surface area contributed by atoms with Crippen LogP contribution in [-0.4, -0.2) is 56.8 Å². The molecule has 0 aromatic carbocycles. The lowest BCUT2D eigenvalue weighted by molar-refractivity contribution is 0.228. The Balaban J connectivity index is 1.61. The number of thiazole rings is 1. The van der Waals surface area contributed by atoms with Crippen molar-refractivity contribution in [2.75, 3.05) is 25.0 Å². The van der Waals surface area contributed by atoms with Crippen LogP contribution in [0.1, 0.15) is 48.8 Å². The van der Waals surface area contributed by atoms with E-state index in [9.17, 15) is 4.79 Å². The van der Waals surface area contributed by atoms with Gasteiger partial charge in [-0.15, -0.1) is 22.7 Å². The first kappa shape index (κ1) is 22.9. The van der Waals surface area contributed by atoms with Gasteiger partial charge in [-0.25, -0.2) is 14.5 Å². The van der Waals surface area contributed by atoms with E-state index >= 15 is 0 Å². The molecule has 3 aromatic rings. The van der Waals surface area contributed by atoms with Crippen LogP contribution in [0.4, 0.5) is 9.80 Å². The molecule has 0 aliphatic carbocycles. The molecule has 9 heteroatoms. The van der Waals surface area contributed by atoms with Gasteiger partial charge < -0.3 is 4.90 Å². The van der Waals surface area contributed by atoms with Crippen LogP contribution in [0.5, 0.6) is 0 Å². The van der Waals surface area contributed by atoms with Crippen molar-refractivity contribution in [3.8, 4) is 5.13 Å². The summed E-state index contributed by atoms with van der Waals surface area (Å²) in [6.07, 6.45) is 7.59. The highest BCUT2D eigenvalue weighted by Crippen LogP contribution is 2.49. The summed E-state index contributed by atoms with van der Waals surface area (Å²) < 4.78 is 1.82. The maximum atomic E-state index is 13.2. The molecule has 1 atom stereocenters. The third-order valence-electron chi connectivity index (χ3n) is 6.59. The monoisotopic (exact) mass is 494 g/mol. The number of urea groups is 1. The zero-order valence-electron chi connectivity index (χ0n) is 20.1. The predicted molar refractivity (Wildman–Crippen MR) is 141 cm³/mol. The average molecular weight is 495 g/mol. The fraction of sp³-hybridized carbons (Fsp3) is 0.400. The molecule has 1 unspecified atom stereocenters. The molecule has 0 bridgehead atoms. The second-order valence-electron chi connectivity index (χ2n) is 9.40. The molecule has 2 aliphatic rings. The number of aromatic nitrogens is 3. The first-order valence-corrected chi connectivity index (χ1v) is 13.2. The van der Waals surface area contributed by atoms with Crippen LogP contribution in [-0.2, 0) is 6.42 Å². The van der Waals surface area contributed by atoms with Crippen molar-refractivity contribution in [3.05, 3.63) is 58.7 Å².